The topological polar surface area (TPSA) is 163 Å². The predicted molar refractivity (Wildman–Crippen MR) is 219 cm³/mol. The Hall–Kier alpha value is -4.76. The lowest BCUT2D eigenvalue weighted by molar-refractivity contribution is -0.228. The van der Waals surface area contributed by atoms with Gasteiger partial charge in [-0.15, -0.1) is 0 Å². The SMILES string of the molecule is CC[C@@]12CN3CCc4c([nH]c5ccccc45)[C@@](C(=O)OC)(c4cc5c(cc4OC)N(C=O)[C@H]4[C@@](O)(C(=O)OC)[C@H](OC(C)=O)[C@]6(CC)C=CCN7CC[C@]54[C@@H]76)C[C@@H](C3)[C@@H]1O2. The van der Waals surface area contributed by atoms with Crippen LogP contribution in [0.3, 0.4) is 0 Å². The van der Waals surface area contributed by atoms with Gasteiger partial charge in [0.1, 0.15) is 16.8 Å². The van der Waals surface area contributed by atoms with Gasteiger partial charge >= 0.3 is 17.9 Å². The molecule has 318 valence electrons. The van der Waals surface area contributed by atoms with Crippen molar-refractivity contribution in [3.8, 4) is 5.75 Å². The number of para-hydroxylation sites is 1. The van der Waals surface area contributed by atoms with Crippen LogP contribution in [0.5, 0.6) is 5.75 Å². The molecule has 6 aliphatic heterocycles. The van der Waals surface area contributed by atoms with Crippen molar-refractivity contribution < 1.29 is 48.0 Å². The molecule has 3 aromatic rings. The molecule has 3 saturated heterocycles. The lowest BCUT2D eigenvalue weighted by Gasteiger charge is -2.63. The van der Waals surface area contributed by atoms with Crippen molar-refractivity contribution in [3.63, 3.8) is 0 Å². The van der Waals surface area contributed by atoms with Crippen LogP contribution in [0.25, 0.3) is 10.9 Å². The van der Waals surface area contributed by atoms with E-state index in [1.807, 2.05) is 43.3 Å². The molecule has 1 saturated carbocycles. The smallest absolute Gasteiger partial charge is 0.344 e. The van der Waals surface area contributed by atoms with Crippen molar-refractivity contribution in [2.45, 2.75) is 99.2 Å². The first kappa shape index (κ1) is 39.4. The van der Waals surface area contributed by atoms with E-state index in [-0.39, 0.29) is 17.6 Å². The summed E-state index contributed by atoms with van der Waals surface area (Å²) in [6.45, 7) is 8.86. The Labute approximate surface area is 349 Å². The minimum absolute atomic E-state index is 0.0585. The first-order valence-corrected chi connectivity index (χ1v) is 21.3. The summed E-state index contributed by atoms with van der Waals surface area (Å²) in [5, 5.41) is 14.3. The van der Waals surface area contributed by atoms with Gasteiger partial charge in [0.25, 0.3) is 0 Å². The zero-order valence-corrected chi connectivity index (χ0v) is 35.1. The third kappa shape index (κ3) is 4.73. The van der Waals surface area contributed by atoms with Gasteiger partial charge in [-0.3, -0.25) is 24.2 Å². The number of hydrogen-bond acceptors (Lipinski definition) is 12. The molecule has 7 aliphatic rings. The van der Waals surface area contributed by atoms with Crippen LogP contribution in [0.4, 0.5) is 5.69 Å². The molecular formula is C46H54N4O10. The number of ether oxygens (including phenoxy) is 5. The van der Waals surface area contributed by atoms with Gasteiger partial charge in [0.2, 0.25) is 12.0 Å². The van der Waals surface area contributed by atoms with Crippen LogP contribution in [0, 0.1) is 11.3 Å². The molecule has 2 bridgehead atoms. The highest BCUT2D eigenvalue weighted by atomic mass is 16.6. The fourth-order valence-electron chi connectivity index (χ4n) is 13.7. The molecule has 1 aromatic heterocycles. The summed E-state index contributed by atoms with van der Waals surface area (Å²) in [7, 11) is 4.15. The molecule has 0 radical (unpaired) electrons. The Morgan fingerprint density at radius 2 is 1.80 bits per heavy atom. The van der Waals surface area contributed by atoms with Crippen molar-refractivity contribution >= 4 is 40.9 Å². The third-order valence-corrected chi connectivity index (χ3v) is 15.9. The van der Waals surface area contributed by atoms with E-state index in [0.717, 1.165) is 48.2 Å². The number of fused-ring (bicyclic) bond motifs is 8. The van der Waals surface area contributed by atoms with Crippen molar-refractivity contribution in [1.82, 2.24) is 14.8 Å². The maximum absolute atomic E-state index is 15.4. The number of benzene rings is 2. The van der Waals surface area contributed by atoms with E-state index in [1.54, 1.807) is 13.2 Å². The maximum Gasteiger partial charge on any atom is 0.344 e. The molecule has 14 nitrogen and oxygen atoms in total. The van der Waals surface area contributed by atoms with Crippen LogP contribution in [0.1, 0.15) is 68.8 Å². The number of carbonyl (C=O) groups excluding carboxylic acids is 4. The molecule has 11 atom stereocenters. The molecule has 1 spiro atoms. The Balaban J connectivity index is 1.29. The highest BCUT2D eigenvalue weighted by molar-refractivity contribution is 5.96. The van der Waals surface area contributed by atoms with Crippen molar-refractivity contribution in [1.29, 1.82) is 0 Å². The van der Waals surface area contributed by atoms with Gasteiger partial charge in [-0.05, 0) is 61.9 Å². The quantitative estimate of drug-likeness (QED) is 0.112. The van der Waals surface area contributed by atoms with Gasteiger partial charge < -0.3 is 38.7 Å². The fraction of sp³-hybridized carbons (Fsp3) is 0.565. The van der Waals surface area contributed by atoms with E-state index < -0.39 is 57.9 Å². The van der Waals surface area contributed by atoms with Crippen LogP contribution in [0.2, 0.25) is 0 Å². The molecular weight excluding hydrogens is 769 g/mol. The second kappa shape index (κ2) is 13.4. The highest BCUT2D eigenvalue weighted by Gasteiger charge is 2.81. The monoisotopic (exact) mass is 822 g/mol. The molecule has 2 aromatic carbocycles. The fourth-order valence-corrected chi connectivity index (χ4v) is 13.7. The summed E-state index contributed by atoms with van der Waals surface area (Å²) in [6.07, 6.45) is 5.84. The summed E-state index contributed by atoms with van der Waals surface area (Å²) in [5.74, 6) is -1.87. The summed E-state index contributed by atoms with van der Waals surface area (Å²) >= 11 is 0. The van der Waals surface area contributed by atoms with Gasteiger partial charge in [-0.2, -0.15) is 0 Å². The van der Waals surface area contributed by atoms with E-state index in [9.17, 15) is 19.5 Å². The number of esters is 3. The van der Waals surface area contributed by atoms with Crippen LogP contribution in [-0.4, -0.2) is 134 Å². The zero-order chi connectivity index (χ0) is 42.1. The van der Waals surface area contributed by atoms with Crippen molar-refractivity contribution in [3.05, 3.63) is 70.9 Å². The number of carbonyl (C=O) groups is 4. The van der Waals surface area contributed by atoms with E-state index in [2.05, 4.69) is 27.8 Å². The Morgan fingerprint density at radius 3 is 2.50 bits per heavy atom. The molecule has 1 unspecified atom stereocenters. The molecule has 10 rings (SSSR count). The van der Waals surface area contributed by atoms with Gasteiger partial charge in [-0.25, -0.2) is 4.79 Å². The van der Waals surface area contributed by atoms with E-state index in [0.29, 0.717) is 67.7 Å². The van der Waals surface area contributed by atoms with Crippen LogP contribution in [-0.2, 0) is 55.4 Å². The minimum atomic E-state index is -2.52. The second-order valence-electron chi connectivity index (χ2n) is 18.2. The van der Waals surface area contributed by atoms with E-state index in [1.165, 1.54) is 26.0 Å². The third-order valence-electron chi connectivity index (χ3n) is 15.9. The number of aromatic amines is 1. The molecule has 7 heterocycles. The number of hydrogen-bond donors (Lipinski definition) is 2. The molecule has 1 aliphatic carbocycles. The number of piperidine rings is 1. The molecule has 1 amide bonds. The first-order valence-electron chi connectivity index (χ1n) is 21.3. The van der Waals surface area contributed by atoms with Gasteiger partial charge in [-0.1, -0.05) is 44.2 Å². The number of methoxy groups -OCH3 is 3. The normalized spacial score (nSPS) is 38.2. The number of aliphatic hydroxyl groups is 1. The second-order valence-corrected chi connectivity index (χ2v) is 18.2. The average molecular weight is 823 g/mol. The molecule has 14 heteroatoms. The van der Waals surface area contributed by atoms with Crippen molar-refractivity contribution in [2.75, 3.05) is 59.0 Å². The number of anilines is 1. The molecule has 4 fully saturated rings. The van der Waals surface area contributed by atoms with Crippen LogP contribution < -0.4 is 9.64 Å². The van der Waals surface area contributed by atoms with Gasteiger partial charge in [0, 0.05) is 84.1 Å². The summed E-state index contributed by atoms with van der Waals surface area (Å²) in [5.41, 5.74) is -2.15. The number of nitrogens with one attached hydrogen (secondary N) is 1. The largest absolute Gasteiger partial charge is 0.496 e. The summed E-state index contributed by atoms with van der Waals surface area (Å²) < 4.78 is 30.4. The lowest BCUT2D eigenvalue weighted by atomic mass is 9.47. The van der Waals surface area contributed by atoms with Gasteiger partial charge in [0.05, 0.1) is 39.2 Å². The Morgan fingerprint density at radius 1 is 1.02 bits per heavy atom. The van der Waals surface area contributed by atoms with Gasteiger partial charge in [0.15, 0.2) is 6.10 Å². The number of nitrogens with zero attached hydrogens (tertiary/aromatic N) is 3. The number of aromatic nitrogens is 1. The number of H-pyrrole nitrogens is 1. The number of amides is 1. The van der Waals surface area contributed by atoms with E-state index >= 15 is 4.79 Å². The molecule has 2 N–H and O–H groups in total. The van der Waals surface area contributed by atoms with Crippen LogP contribution >= 0.6 is 0 Å². The first-order chi connectivity index (χ1) is 28.9. The molecule has 60 heavy (non-hydrogen) atoms. The minimum Gasteiger partial charge on any atom is -0.496 e. The van der Waals surface area contributed by atoms with Crippen molar-refractivity contribution in [2.24, 2.45) is 11.3 Å². The maximum atomic E-state index is 15.4. The predicted octanol–water partition coefficient (Wildman–Crippen LogP) is 3.53. The Bertz CT molecular complexity index is 2360. The zero-order valence-electron chi connectivity index (χ0n) is 35.1. The lowest BCUT2D eigenvalue weighted by Crippen LogP contribution is -2.81. The van der Waals surface area contributed by atoms with E-state index in [4.69, 9.17) is 23.7 Å². The highest BCUT2D eigenvalue weighted by Crippen LogP contribution is 2.68. The number of epoxide rings is 1. The summed E-state index contributed by atoms with van der Waals surface area (Å²) in [6, 6.07) is 10.2. The summed E-state index contributed by atoms with van der Waals surface area (Å²) in [4.78, 5) is 66.5. The number of rotatable bonds is 8. The van der Waals surface area contributed by atoms with Crippen LogP contribution in [0.15, 0.2) is 48.6 Å². The Kier molecular flexibility index (Phi) is 8.77. The average Bonchev–Trinajstić information content (AvgIpc) is 3.53. The standard InChI is InChI=1S/C46H54N4O10/c1-7-42-15-11-17-49-19-16-44(37(42)49)30-20-31(34(56-4)21-33(30)50(25-51)38(44)46(55,41(54)58-6)39(42)59-26(3)52)45(40(53)57-5)22-27-23-48(24-43(8-2)36(27)60-43)18-14-29-28-12-9-10-13-32(28)47-35(29)45/h9-13,15,20-21,25,27,36-39,47,55H,7-8,14,16-19,22-24H2,1-6H3/t27-,36-,37-,38+,39+,42+,43+,44+,45-,46-/m0/s1.